The predicted octanol–water partition coefficient (Wildman–Crippen LogP) is 5.98. The van der Waals surface area contributed by atoms with E-state index in [0.717, 1.165) is 45.1 Å². The number of nitrogens with one attached hydrogen (secondary N) is 1. The molecule has 0 heterocycles. The van der Waals surface area contributed by atoms with Crippen LogP contribution in [-0.2, 0) is 14.4 Å². The molecule has 13 heteroatoms. The van der Waals surface area contributed by atoms with Gasteiger partial charge in [-0.3, -0.25) is 0 Å². The van der Waals surface area contributed by atoms with Crippen molar-refractivity contribution in [2.75, 3.05) is 6.54 Å². The Morgan fingerprint density at radius 1 is 0.552 bits per heavy atom. The van der Waals surface area contributed by atoms with Gasteiger partial charge >= 0.3 is 37.7 Å². The molecule has 0 aliphatic carbocycles. The normalized spacial score (nSPS) is 14.9. The molecular weight excluding hydrogens is 877 g/mol. The van der Waals surface area contributed by atoms with E-state index in [1.807, 2.05) is 85.1 Å². The number of carbonyl (C=O) groups is 3. The molecule has 0 fully saturated rings. The van der Waals surface area contributed by atoms with Crippen LogP contribution in [-0.4, -0.2) is 113 Å². The number of carbonyl (C=O) groups excluding carboxylic acids is 3. The molecule has 0 bridgehead atoms. The molecule has 374 valence electrons. The van der Waals surface area contributed by atoms with Crippen molar-refractivity contribution in [2.45, 2.75) is 154 Å². The summed E-state index contributed by atoms with van der Waals surface area (Å²) < 4.78 is 0. The van der Waals surface area contributed by atoms with Crippen molar-refractivity contribution in [2.24, 2.45) is 5.92 Å². The van der Waals surface area contributed by atoms with Gasteiger partial charge in [0.05, 0.1) is 31.0 Å². The van der Waals surface area contributed by atoms with E-state index < -0.39 is 54.3 Å². The minimum atomic E-state index is -1.32. The number of hydrogen-bond acceptors (Lipinski definition) is 10. The molecular formula is C54H84CaN2O10-2. The summed E-state index contributed by atoms with van der Waals surface area (Å²) in [4.78, 5) is 29.7. The standard InChI is InChI=1S/C22H32O4.C22H34O2.C7H14NO2.C3H6NO2.Ca/c1-2-3-10-15-20(23)17-12-8-9-13-18-21(24)16-11-6-4-5-7-14-19-22(25)26;1-3-5-7-8-9-10-14-18-22(24)20-16-12-11-15-19-21(23)17-13-6-4-2;1-6(7(9)10)4-2-3-5-8;1-2(4)3(5)6;/h3,5-13,17-18,20-21,23-24H,2,4,14-16,19H2,1H3,(H,25,26);6-8,10-16,19-24H,3-5,9,17-18H2,1-2H3;6H,1-5,8H2,(H,9,10);2,4H,1H3,(H,5,6);/q;;2*-1;+2/p-2/b7-5-,9-8-,10-3-,11-6-,17-12+,18-13+;8-7-,12-11-,13-6-,14-10-,19-15+,20-16+;;;/t20-,21-;21-,22-;6-;2-;/m0000./s1. The maximum absolute atomic E-state index is 10.2. The maximum Gasteiger partial charge on any atom is 2.00 e. The molecule has 6 atom stereocenters. The summed E-state index contributed by atoms with van der Waals surface area (Å²) in [5, 5.41) is 68.6. The summed E-state index contributed by atoms with van der Waals surface area (Å²) in [5.74, 6) is -3.96. The third-order valence-electron chi connectivity index (χ3n) is 8.24. The average molecular weight is 961 g/mol. The maximum atomic E-state index is 10.2. The molecule has 0 aliphatic heterocycles. The minimum Gasteiger partial charge on any atom is -0.670 e. The van der Waals surface area contributed by atoms with E-state index in [2.05, 4.69) is 51.7 Å². The topological polar surface area (TPSA) is 253 Å². The third kappa shape index (κ3) is 69.0. The molecule has 0 aromatic heterocycles. The molecule has 0 spiro atoms. The van der Waals surface area contributed by atoms with Gasteiger partial charge in [0.2, 0.25) is 0 Å². The SMILES string of the molecule is CC/C=C\C[C@H](O)/C=C/C=C\C=C\[C@@H](O)C/C=C\C/C=C\CCC.CC/C=C\C[C@H](O)/C=C/C=C\C=C\[C@@H](O)C/C=C\C/C=C\CCC(=O)[O-].C[C@H]([NH-])C(=O)[O-].[CH2-][C@@H](CCCC[NH3+])C(=O)[O-].[Ca+2]. The fraction of sp³-hybridized carbons (Fsp3) is 0.481. The number of carboxylic acids is 3. The van der Waals surface area contributed by atoms with Crippen LogP contribution in [0, 0.1) is 12.8 Å². The molecule has 0 saturated heterocycles. The van der Waals surface area contributed by atoms with Crippen LogP contribution in [0.2, 0.25) is 0 Å². The van der Waals surface area contributed by atoms with E-state index in [1.165, 1.54) is 13.3 Å². The molecule has 67 heavy (non-hydrogen) atoms. The molecule has 0 amide bonds. The summed E-state index contributed by atoms with van der Waals surface area (Å²) in [6.07, 6.45) is 54.9. The van der Waals surface area contributed by atoms with E-state index in [1.54, 1.807) is 42.5 Å². The Morgan fingerprint density at radius 2 is 0.896 bits per heavy atom. The Labute approximate surface area is 434 Å². The predicted molar refractivity (Wildman–Crippen MR) is 271 cm³/mol. The molecule has 0 saturated carbocycles. The molecule has 0 aromatic carbocycles. The van der Waals surface area contributed by atoms with Gasteiger partial charge in [-0.25, -0.2) is 0 Å². The number of aliphatic carboxylic acids is 3. The second kappa shape index (κ2) is 58.4. The van der Waals surface area contributed by atoms with Gasteiger partial charge < -0.3 is 68.5 Å². The van der Waals surface area contributed by atoms with E-state index in [9.17, 15) is 50.1 Å². The molecule has 8 N–H and O–H groups in total. The number of allylic oxidation sites excluding steroid dienone is 16. The first-order valence-corrected chi connectivity index (χ1v) is 23.2. The number of hydrogen-bond donors (Lipinski definition) is 5. The van der Waals surface area contributed by atoms with Crippen LogP contribution in [0.5, 0.6) is 0 Å². The quantitative estimate of drug-likeness (QED) is 0.0169. The second-order valence-electron chi connectivity index (χ2n) is 14.7. The van der Waals surface area contributed by atoms with Crippen molar-refractivity contribution < 1.29 is 55.9 Å². The summed E-state index contributed by atoms with van der Waals surface area (Å²) in [6.45, 7) is 11.8. The van der Waals surface area contributed by atoms with Crippen LogP contribution in [0.15, 0.2) is 146 Å². The largest absolute Gasteiger partial charge is 2.00 e. The van der Waals surface area contributed by atoms with Crippen LogP contribution in [0.3, 0.4) is 0 Å². The Hall–Kier alpha value is -3.69. The minimum absolute atomic E-state index is 0. The number of quaternary nitrogens is 1. The zero-order valence-corrected chi connectivity index (χ0v) is 43.2. The first-order valence-electron chi connectivity index (χ1n) is 23.2. The smallest absolute Gasteiger partial charge is 0.670 e. The van der Waals surface area contributed by atoms with Gasteiger partial charge in [-0.05, 0) is 83.5 Å². The van der Waals surface area contributed by atoms with Crippen LogP contribution < -0.4 is 21.1 Å². The molecule has 0 rings (SSSR count). The summed E-state index contributed by atoms with van der Waals surface area (Å²) in [6, 6.07) is -1.09. The fourth-order valence-electron chi connectivity index (χ4n) is 4.45. The van der Waals surface area contributed by atoms with Crippen molar-refractivity contribution in [1.29, 1.82) is 0 Å². The van der Waals surface area contributed by atoms with Gasteiger partial charge in [-0.1, -0.05) is 186 Å². The molecule has 0 unspecified atom stereocenters. The average Bonchev–Trinajstić information content (AvgIpc) is 3.27. The number of aliphatic hydroxyl groups excluding tert-OH is 4. The second-order valence-corrected chi connectivity index (χ2v) is 14.7. The molecule has 12 nitrogen and oxygen atoms in total. The van der Waals surface area contributed by atoms with E-state index in [-0.39, 0.29) is 44.2 Å². The fourth-order valence-corrected chi connectivity index (χ4v) is 4.45. The van der Waals surface area contributed by atoms with Gasteiger partial charge in [0.15, 0.2) is 0 Å². The van der Waals surface area contributed by atoms with Gasteiger partial charge in [-0.15, -0.1) is 12.0 Å². The van der Waals surface area contributed by atoms with Crippen molar-refractivity contribution >= 4 is 55.6 Å². The first-order chi connectivity index (χ1) is 31.6. The summed E-state index contributed by atoms with van der Waals surface area (Å²) in [7, 11) is 0. The van der Waals surface area contributed by atoms with Crippen molar-refractivity contribution in [3.8, 4) is 0 Å². The Bertz CT molecular complexity index is 1520. The van der Waals surface area contributed by atoms with Crippen LogP contribution in [0.4, 0.5) is 0 Å². The van der Waals surface area contributed by atoms with Crippen molar-refractivity contribution in [1.82, 2.24) is 0 Å². The van der Waals surface area contributed by atoms with Crippen molar-refractivity contribution in [3.63, 3.8) is 0 Å². The third-order valence-corrected chi connectivity index (χ3v) is 8.24. The Morgan fingerprint density at radius 3 is 1.19 bits per heavy atom. The monoisotopic (exact) mass is 961 g/mol. The number of rotatable bonds is 33. The number of aliphatic hydroxyl groups is 4. The van der Waals surface area contributed by atoms with E-state index >= 15 is 0 Å². The summed E-state index contributed by atoms with van der Waals surface area (Å²) >= 11 is 0. The molecule has 0 aromatic rings. The Kier molecular flexibility index (Phi) is 63.1. The molecule has 0 radical (unpaired) electrons. The zero-order chi connectivity index (χ0) is 50.5. The van der Waals surface area contributed by atoms with Crippen LogP contribution in [0.25, 0.3) is 5.73 Å². The van der Waals surface area contributed by atoms with Gasteiger partial charge in [0.1, 0.15) is 0 Å². The first kappa shape index (κ1) is 72.3. The van der Waals surface area contributed by atoms with Crippen LogP contribution in [0.1, 0.15) is 124 Å². The summed E-state index contributed by atoms with van der Waals surface area (Å²) in [5.41, 5.74) is 10.0. The molecule has 0 aliphatic rings. The van der Waals surface area contributed by atoms with Gasteiger partial charge in [-0.2, -0.15) is 0 Å². The number of carboxylic acid groups (broad SMARTS) is 3. The van der Waals surface area contributed by atoms with E-state index in [4.69, 9.17) is 5.73 Å². The van der Waals surface area contributed by atoms with Crippen LogP contribution >= 0.6 is 0 Å². The van der Waals surface area contributed by atoms with Gasteiger partial charge in [0.25, 0.3) is 0 Å². The van der Waals surface area contributed by atoms with E-state index in [0.29, 0.717) is 44.9 Å². The van der Waals surface area contributed by atoms with Crippen molar-refractivity contribution in [3.05, 3.63) is 158 Å². The zero-order valence-electron chi connectivity index (χ0n) is 41.0. The number of unbranched alkanes of at least 4 members (excludes halogenated alkanes) is 2. The Balaban J connectivity index is -0.000000286. The van der Waals surface area contributed by atoms with Gasteiger partial charge in [0, 0.05) is 17.9 Å².